The smallest absolute Gasteiger partial charge is 0.329 e. The fraction of sp³-hybridized carbons (Fsp3) is 0.320. The maximum absolute atomic E-state index is 13.8. The van der Waals surface area contributed by atoms with E-state index in [1.54, 1.807) is 48.5 Å². The summed E-state index contributed by atoms with van der Waals surface area (Å²) < 4.78 is 0.921. The van der Waals surface area contributed by atoms with Gasteiger partial charge in [0.05, 0.1) is 10.9 Å². The van der Waals surface area contributed by atoms with E-state index >= 15 is 0 Å². The van der Waals surface area contributed by atoms with Crippen molar-refractivity contribution in [3.05, 3.63) is 81.0 Å². The predicted molar refractivity (Wildman–Crippen MR) is 128 cm³/mol. The number of carboxylic acid groups (broad SMARTS) is 1. The number of rotatable bonds is 7. The molecular weight excluding hydrogens is 452 g/mol. The molecule has 10 heteroatoms. The van der Waals surface area contributed by atoms with E-state index < -0.39 is 47.2 Å². The van der Waals surface area contributed by atoms with Crippen LogP contribution < -0.4 is 16.6 Å². The number of hydrogen-bond donors (Lipinski definition) is 3. The number of nitrogens with zero attached hydrogens (tertiary/aromatic N) is 2. The molecule has 0 saturated carbocycles. The van der Waals surface area contributed by atoms with Gasteiger partial charge in [0.15, 0.2) is 0 Å². The molecular formula is C25H26N4O6. The first-order chi connectivity index (χ1) is 16.8. The Kier molecular flexibility index (Phi) is 6.81. The second kappa shape index (κ2) is 9.96. The van der Waals surface area contributed by atoms with Gasteiger partial charge < -0.3 is 20.3 Å². The van der Waals surface area contributed by atoms with Gasteiger partial charge in [-0.25, -0.2) is 9.36 Å². The van der Waals surface area contributed by atoms with E-state index in [1.807, 2.05) is 6.07 Å². The molecule has 3 N–H and O–H groups in total. The lowest BCUT2D eigenvalue weighted by atomic mass is 10.0. The van der Waals surface area contributed by atoms with Crippen molar-refractivity contribution in [2.45, 2.75) is 44.3 Å². The highest BCUT2D eigenvalue weighted by Crippen LogP contribution is 2.24. The maximum Gasteiger partial charge on any atom is 0.329 e. The van der Waals surface area contributed by atoms with Gasteiger partial charge in [0, 0.05) is 13.0 Å². The molecule has 35 heavy (non-hydrogen) atoms. The maximum atomic E-state index is 13.8. The molecule has 1 aliphatic rings. The first-order valence-electron chi connectivity index (χ1n) is 11.4. The normalized spacial score (nSPS) is 17.2. The third kappa shape index (κ3) is 4.86. The zero-order valence-electron chi connectivity index (χ0n) is 19.1. The molecule has 0 spiro atoms. The van der Waals surface area contributed by atoms with Gasteiger partial charge in [0.2, 0.25) is 11.8 Å². The van der Waals surface area contributed by atoms with Gasteiger partial charge in [0.25, 0.3) is 5.56 Å². The number of carbonyl (C=O) groups excluding carboxylic acids is 2. The molecule has 2 heterocycles. The third-order valence-corrected chi connectivity index (χ3v) is 6.27. The topological polar surface area (TPSA) is 142 Å². The number of aromatic nitrogens is 2. The van der Waals surface area contributed by atoms with Crippen LogP contribution in [0.25, 0.3) is 10.9 Å². The van der Waals surface area contributed by atoms with Crippen LogP contribution in [0.1, 0.15) is 31.4 Å². The molecule has 3 aromatic rings. The summed E-state index contributed by atoms with van der Waals surface area (Å²) in [6.45, 7) is 1.59. The number of carboxylic acids is 1. The van der Waals surface area contributed by atoms with E-state index in [2.05, 4.69) is 10.3 Å². The molecule has 3 atom stereocenters. The number of H-pyrrole nitrogens is 1. The first-order valence-corrected chi connectivity index (χ1v) is 11.4. The van der Waals surface area contributed by atoms with Crippen LogP contribution in [0.4, 0.5) is 0 Å². The molecule has 1 saturated heterocycles. The third-order valence-electron chi connectivity index (χ3n) is 6.27. The van der Waals surface area contributed by atoms with E-state index in [4.69, 9.17) is 5.11 Å². The standard InChI is InChI=1S/C25H26N4O6/c1-15(24(33)34)26-21(30)19-12-7-13-28(19)23(32)20(14-16-8-3-2-4-9-16)29-22(31)17-10-5-6-11-18(17)27-25(29)35/h2-6,8-11,15,19-20H,7,12-14H2,1H3,(H,26,30)(H,27,35)(H,33,34). The van der Waals surface area contributed by atoms with Crippen molar-refractivity contribution in [1.82, 2.24) is 19.8 Å². The number of hydrogen-bond acceptors (Lipinski definition) is 5. The Balaban J connectivity index is 1.75. The minimum Gasteiger partial charge on any atom is -0.480 e. The van der Waals surface area contributed by atoms with Gasteiger partial charge in [-0.15, -0.1) is 0 Å². The van der Waals surface area contributed by atoms with E-state index in [-0.39, 0.29) is 18.4 Å². The molecule has 0 radical (unpaired) electrons. The van der Waals surface area contributed by atoms with Gasteiger partial charge in [-0.05, 0) is 37.5 Å². The van der Waals surface area contributed by atoms with Crippen LogP contribution in [0, 0.1) is 0 Å². The fourth-order valence-electron chi connectivity index (χ4n) is 4.45. The van der Waals surface area contributed by atoms with Crippen LogP contribution >= 0.6 is 0 Å². The van der Waals surface area contributed by atoms with Crippen molar-refractivity contribution >= 4 is 28.7 Å². The molecule has 2 amide bonds. The van der Waals surface area contributed by atoms with Crippen LogP contribution in [-0.4, -0.2) is 56.0 Å². The van der Waals surface area contributed by atoms with Crippen LogP contribution in [-0.2, 0) is 20.8 Å². The second-order valence-electron chi connectivity index (χ2n) is 8.61. The first kappa shape index (κ1) is 23.9. The fourth-order valence-corrected chi connectivity index (χ4v) is 4.45. The highest BCUT2D eigenvalue weighted by molar-refractivity contribution is 5.92. The molecule has 182 valence electrons. The highest BCUT2D eigenvalue weighted by Gasteiger charge is 2.39. The minimum absolute atomic E-state index is 0.0668. The Morgan fingerprint density at radius 2 is 1.77 bits per heavy atom. The largest absolute Gasteiger partial charge is 0.480 e. The van der Waals surface area contributed by atoms with Gasteiger partial charge in [-0.1, -0.05) is 42.5 Å². The summed E-state index contributed by atoms with van der Waals surface area (Å²) in [5, 5.41) is 11.8. The summed E-state index contributed by atoms with van der Waals surface area (Å²) in [6.07, 6.45) is 0.953. The van der Waals surface area contributed by atoms with Gasteiger partial charge >= 0.3 is 11.7 Å². The summed E-state index contributed by atoms with van der Waals surface area (Å²) in [7, 11) is 0. The van der Waals surface area contributed by atoms with Crippen LogP contribution in [0.3, 0.4) is 0 Å². The van der Waals surface area contributed by atoms with E-state index in [0.717, 1.165) is 10.1 Å². The summed E-state index contributed by atoms with van der Waals surface area (Å²) in [6, 6.07) is 12.4. The van der Waals surface area contributed by atoms with Gasteiger partial charge in [-0.3, -0.25) is 19.2 Å². The summed E-state index contributed by atoms with van der Waals surface area (Å²) in [4.78, 5) is 68.2. The van der Waals surface area contributed by atoms with Crippen molar-refractivity contribution in [3.8, 4) is 0 Å². The Labute approximate surface area is 200 Å². The number of carbonyl (C=O) groups is 3. The predicted octanol–water partition coefficient (Wildman–Crippen LogP) is 1.05. The molecule has 0 aliphatic carbocycles. The van der Waals surface area contributed by atoms with Crippen LogP contribution in [0.15, 0.2) is 64.2 Å². The molecule has 1 fully saturated rings. The summed E-state index contributed by atoms with van der Waals surface area (Å²) >= 11 is 0. The summed E-state index contributed by atoms with van der Waals surface area (Å²) in [5.41, 5.74) is -0.211. The molecule has 1 aromatic heterocycles. The van der Waals surface area contributed by atoms with Crippen molar-refractivity contribution in [3.63, 3.8) is 0 Å². The quantitative estimate of drug-likeness (QED) is 0.464. The Morgan fingerprint density at radius 3 is 2.49 bits per heavy atom. The van der Waals surface area contributed by atoms with Crippen molar-refractivity contribution in [2.24, 2.45) is 0 Å². The number of para-hydroxylation sites is 1. The lowest BCUT2D eigenvalue weighted by molar-refractivity contribution is -0.144. The zero-order valence-corrected chi connectivity index (χ0v) is 19.1. The minimum atomic E-state index is -1.19. The average molecular weight is 479 g/mol. The zero-order chi connectivity index (χ0) is 25.1. The van der Waals surface area contributed by atoms with Crippen LogP contribution in [0.5, 0.6) is 0 Å². The highest BCUT2D eigenvalue weighted by atomic mass is 16.4. The van der Waals surface area contributed by atoms with Crippen molar-refractivity contribution in [1.29, 1.82) is 0 Å². The number of aliphatic carboxylic acids is 1. The summed E-state index contributed by atoms with van der Waals surface area (Å²) in [5.74, 6) is -2.31. The average Bonchev–Trinajstić information content (AvgIpc) is 3.34. The van der Waals surface area contributed by atoms with Crippen molar-refractivity contribution in [2.75, 3.05) is 6.54 Å². The molecule has 1 aliphatic heterocycles. The van der Waals surface area contributed by atoms with E-state index in [1.165, 1.54) is 11.8 Å². The number of benzene rings is 2. The second-order valence-corrected chi connectivity index (χ2v) is 8.61. The SMILES string of the molecule is CC(NC(=O)C1CCCN1C(=O)C(Cc1ccccc1)n1c(=O)[nH]c2ccccc2c1=O)C(=O)O. The lowest BCUT2D eigenvalue weighted by Gasteiger charge is -2.29. The monoisotopic (exact) mass is 478 g/mol. The van der Waals surface area contributed by atoms with Gasteiger partial charge in [-0.2, -0.15) is 0 Å². The molecule has 3 unspecified atom stereocenters. The number of fused-ring (bicyclic) bond motifs is 1. The Hall–Kier alpha value is -4.21. The Morgan fingerprint density at radius 1 is 1.09 bits per heavy atom. The van der Waals surface area contributed by atoms with Crippen LogP contribution in [0.2, 0.25) is 0 Å². The number of amides is 2. The molecule has 0 bridgehead atoms. The van der Waals surface area contributed by atoms with E-state index in [9.17, 15) is 24.0 Å². The molecule has 4 rings (SSSR count). The number of aromatic amines is 1. The van der Waals surface area contributed by atoms with E-state index in [0.29, 0.717) is 18.4 Å². The molecule has 10 nitrogen and oxygen atoms in total. The number of likely N-dealkylation sites (tertiary alicyclic amines) is 1. The number of nitrogens with one attached hydrogen (secondary N) is 2. The van der Waals surface area contributed by atoms with Crippen molar-refractivity contribution < 1.29 is 19.5 Å². The van der Waals surface area contributed by atoms with Gasteiger partial charge in [0.1, 0.15) is 18.1 Å². The lowest BCUT2D eigenvalue weighted by Crippen LogP contribution is -2.53. The molecule has 2 aromatic carbocycles. The Bertz CT molecular complexity index is 1380.